The maximum absolute atomic E-state index is 11.4. The summed E-state index contributed by atoms with van der Waals surface area (Å²) in [6, 6.07) is 11.5. The fraction of sp³-hybridized carbons (Fsp3) is 0.250. The van der Waals surface area contributed by atoms with E-state index in [9.17, 15) is 8.42 Å². The van der Waals surface area contributed by atoms with Crippen LogP contribution in [0.4, 0.5) is 5.82 Å². The van der Waals surface area contributed by atoms with Crippen molar-refractivity contribution in [1.29, 1.82) is 0 Å². The van der Waals surface area contributed by atoms with Gasteiger partial charge in [0.25, 0.3) is 0 Å². The Morgan fingerprint density at radius 2 is 1.94 bits per heavy atom. The van der Waals surface area contributed by atoms with Gasteiger partial charge >= 0.3 is 0 Å². The molecule has 0 saturated heterocycles. The number of benzene rings is 1. The van der Waals surface area contributed by atoms with Crippen molar-refractivity contribution in [3.8, 4) is 0 Å². The third-order valence-electron chi connectivity index (χ3n) is 2.47. The van der Waals surface area contributed by atoms with E-state index in [0.29, 0.717) is 12.4 Å². The second-order valence-electron chi connectivity index (χ2n) is 3.89. The number of anilines is 1. The maximum atomic E-state index is 11.4. The summed E-state index contributed by atoms with van der Waals surface area (Å²) in [7, 11) is -3.26. The number of aromatic nitrogens is 2. The fourth-order valence-corrected chi connectivity index (χ4v) is 2.08. The number of nitrogens with zero attached hydrogens (tertiary/aromatic N) is 2. The van der Waals surface area contributed by atoms with Crippen molar-refractivity contribution in [3.63, 3.8) is 0 Å². The topological polar surface area (TPSA) is 64.0 Å². The maximum Gasteiger partial charge on any atom is 0.233 e. The molecule has 2 aromatic rings. The lowest BCUT2D eigenvalue weighted by Crippen LogP contribution is -2.15. The summed E-state index contributed by atoms with van der Waals surface area (Å²) >= 11 is 0. The first kappa shape index (κ1) is 12.6. The van der Waals surface area contributed by atoms with Crippen LogP contribution in [0.2, 0.25) is 0 Å². The van der Waals surface area contributed by atoms with E-state index in [1.165, 1.54) is 0 Å². The summed E-state index contributed by atoms with van der Waals surface area (Å²) in [5.41, 5.74) is 1.12. The average Bonchev–Trinajstić information content (AvgIpc) is 2.77. The quantitative estimate of drug-likeness (QED) is 0.894. The van der Waals surface area contributed by atoms with Crippen LogP contribution in [-0.2, 0) is 16.6 Å². The Hall–Kier alpha value is -1.82. The largest absolute Gasteiger partial charge is 0.266 e. The monoisotopic (exact) mass is 265 g/mol. The van der Waals surface area contributed by atoms with Crippen LogP contribution in [0.15, 0.2) is 42.6 Å². The van der Waals surface area contributed by atoms with Gasteiger partial charge in [0, 0.05) is 12.3 Å². The van der Waals surface area contributed by atoms with Gasteiger partial charge < -0.3 is 0 Å². The highest BCUT2D eigenvalue weighted by Gasteiger charge is 2.08. The van der Waals surface area contributed by atoms with Crippen molar-refractivity contribution in [2.24, 2.45) is 0 Å². The molecule has 0 saturated carbocycles. The van der Waals surface area contributed by atoms with Crippen LogP contribution in [0.3, 0.4) is 0 Å². The molecule has 1 aromatic heterocycles. The minimum Gasteiger partial charge on any atom is -0.266 e. The minimum absolute atomic E-state index is 0.0402. The normalized spacial score (nSPS) is 11.4. The van der Waals surface area contributed by atoms with Crippen molar-refractivity contribution in [2.45, 2.75) is 13.5 Å². The number of hydrogen-bond acceptors (Lipinski definition) is 3. The molecule has 96 valence electrons. The standard InChI is InChI=1S/C12H15N3O2S/c1-2-18(16,17)14-12-8-9-15(13-12)10-11-6-4-3-5-7-11/h3-9H,2,10H2,1H3,(H,13,14). The van der Waals surface area contributed by atoms with Crippen LogP contribution in [-0.4, -0.2) is 24.0 Å². The van der Waals surface area contributed by atoms with Crippen molar-refractivity contribution in [2.75, 3.05) is 10.5 Å². The highest BCUT2D eigenvalue weighted by molar-refractivity contribution is 7.92. The number of hydrogen-bond donors (Lipinski definition) is 1. The second-order valence-corrected chi connectivity index (χ2v) is 5.90. The van der Waals surface area contributed by atoms with Gasteiger partial charge in [0.1, 0.15) is 0 Å². The highest BCUT2D eigenvalue weighted by Crippen LogP contribution is 2.08. The minimum atomic E-state index is -3.26. The zero-order valence-electron chi connectivity index (χ0n) is 10.1. The molecule has 0 spiro atoms. The summed E-state index contributed by atoms with van der Waals surface area (Å²) in [6.07, 6.45) is 1.75. The molecular formula is C12H15N3O2S. The Morgan fingerprint density at radius 3 is 2.61 bits per heavy atom. The summed E-state index contributed by atoms with van der Waals surface area (Å²) in [5, 5.41) is 4.17. The third kappa shape index (κ3) is 3.33. The lowest BCUT2D eigenvalue weighted by atomic mass is 10.2. The van der Waals surface area contributed by atoms with Gasteiger partial charge in [-0.15, -0.1) is 0 Å². The van der Waals surface area contributed by atoms with Gasteiger partial charge in [-0.25, -0.2) is 8.42 Å². The van der Waals surface area contributed by atoms with Crippen LogP contribution in [0.5, 0.6) is 0 Å². The summed E-state index contributed by atoms with van der Waals surface area (Å²) < 4.78 is 26.9. The highest BCUT2D eigenvalue weighted by atomic mass is 32.2. The molecule has 1 aromatic carbocycles. The Labute approximate surface area is 107 Å². The Morgan fingerprint density at radius 1 is 1.22 bits per heavy atom. The lowest BCUT2D eigenvalue weighted by molar-refractivity contribution is 0.602. The molecule has 0 atom stereocenters. The van der Waals surface area contributed by atoms with Gasteiger partial charge in [-0.2, -0.15) is 5.10 Å². The molecule has 6 heteroatoms. The van der Waals surface area contributed by atoms with E-state index in [1.807, 2.05) is 30.3 Å². The van der Waals surface area contributed by atoms with E-state index in [-0.39, 0.29) is 5.75 Å². The number of nitrogens with one attached hydrogen (secondary N) is 1. The van der Waals surface area contributed by atoms with Gasteiger partial charge in [-0.05, 0) is 12.5 Å². The SMILES string of the molecule is CCS(=O)(=O)Nc1ccn(Cc2ccccc2)n1. The molecule has 0 amide bonds. The summed E-state index contributed by atoms with van der Waals surface area (Å²) in [5.74, 6) is 0.395. The van der Waals surface area contributed by atoms with Crippen molar-refractivity contribution < 1.29 is 8.42 Å². The van der Waals surface area contributed by atoms with E-state index >= 15 is 0 Å². The first-order valence-corrected chi connectivity index (χ1v) is 7.32. The Balaban J connectivity index is 2.07. The molecule has 0 aliphatic rings. The molecule has 0 aliphatic heterocycles. The zero-order valence-corrected chi connectivity index (χ0v) is 10.9. The predicted octanol–water partition coefficient (Wildman–Crippen LogP) is 1.69. The van der Waals surface area contributed by atoms with E-state index in [1.54, 1.807) is 23.9 Å². The molecule has 0 radical (unpaired) electrons. The van der Waals surface area contributed by atoms with E-state index < -0.39 is 10.0 Å². The third-order valence-corrected chi connectivity index (χ3v) is 3.75. The van der Waals surface area contributed by atoms with Gasteiger partial charge in [0.05, 0.1) is 12.3 Å². The molecule has 1 heterocycles. The van der Waals surface area contributed by atoms with Crippen LogP contribution in [0.25, 0.3) is 0 Å². The molecule has 0 unspecified atom stereocenters. The van der Waals surface area contributed by atoms with E-state index in [4.69, 9.17) is 0 Å². The van der Waals surface area contributed by atoms with Crippen molar-refractivity contribution >= 4 is 15.8 Å². The molecule has 1 N–H and O–H groups in total. The number of rotatable bonds is 5. The summed E-state index contributed by atoms with van der Waals surface area (Å²) in [4.78, 5) is 0. The smallest absolute Gasteiger partial charge is 0.233 e. The second kappa shape index (κ2) is 5.22. The molecule has 0 aliphatic carbocycles. The zero-order chi connectivity index (χ0) is 13.0. The Bertz CT molecular complexity index is 605. The predicted molar refractivity (Wildman–Crippen MR) is 70.9 cm³/mol. The first-order valence-electron chi connectivity index (χ1n) is 5.67. The Kier molecular flexibility index (Phi) is 3.66. The van der Waals surface area contributed by atoms with Crippen LogP contribution < -0.4 is 4.72 Å². The number of sulfonamides is 1. The van der Waals surface area contributed by atoms with E-state index in [0.717, 1.165) is 5.56 Å². The lowest BCUT2D eigenvalue weighted by Gasteiger charge is -2.03. The molecular weight excluding hydrogens is 250 g/mol. The molecule has 2 rings (SSSR count). The van der Waals surface area contributed by atoms with Gasteiger partial charge in [-0.1, -0.05) is 30.3 Å². The molecule has 18 heavy (non-hydrogen) atoms. The summed E-state index contributed by atoms with van der Waals surface area (Å²) in [6.45, 7) is 2.21. The fourth-order valence-electron chi connectivity index (χ4n) is 1.51. The van der Waals surface area contributed by atoms with Crippen molar-refractivity contribution in [3.05, 3.63) is 48.2 Å². The van der Waals surface area contributed by atoms with E-state index in [2.05, 4.69) is 9.82 Å². The van der Waals surface area contributed by atoms with Gasteiger partial charge in [0.2, 0.25) is 10.0 Å². The molecule has 0 fully saturated rings. The van der Waals surface area contributed by atoms with Crippen molar-refractivity contribution in [1.82, 2.24) is 9.78 Å². The van der Waals surface area contributed by atoms with Gasteiger partial charge in [-0.3, -0.25) is 9.40 Å². The molecule has 5 nitrogen and oxygen atoms in total. The van der Waals surface area contributed by atoms with Crippen LogP contribution in [0.1, 0.15) is 12.5 Å². The van der Waals surface area contributed by atoms with Crippen LogP contribution >= 0.6 is 0 Å². The first-order chi connectivity index (χ1) is 8.59. The average molecular weight is 265 g/mol. The van der Waals surface area contributed by atoms with Crippen LogP contribution in [0, 0.1) is 0 Å². The molecule has 0 bridgehead atoms. The van der Waals surface area contributed by atoms with Gasteiger partial charge in [0.15, 0.2) is 5.82 Å².